The van der Waals surface area contributed by atoms with Crippen molar-refractivity contribution < 1.29 is 14.3 Å². The van der Waals surface area contributed by atoms with E-state index in [1.54, 1.807) is 36.4 Å². The highest BCUT2D eigenvalue weighted by atomic mass is 19.1. The molecule has 8 nitrogen and oxygen atoms in total. The largest absolute Gasteiger partial charge is 0.478 e. The first-order chi connectivity index (χ1) is 12.6. The Morgan fingerprint density at radius 1 is 1.12 bits per heavy atom. The van der Waals surface area contributed by atoms with E-state index in [0.717, 1.165) is 5.56 Å². The first-order valence-corrected chi connectivity index (χ1v) is 7.55. The monoisotopic (exact) mass is 350 g/mol. The third-order valence-electron chi connectivity index (χ3n) is 3.84. The van der Waals surface area contributed by atoms with Gasteiger partial charge in [0.05, 0.1) is 17.6 Å². The van der Waals surface area contributed by atoms with Crippen LogP contribution in [0.2, 0.25) is 0 Å². The van der Waals surface area contributed by atoms with Crippen molar-refractivity contribution >= 4 is 5.97 Å². The first kappa shape index (κ1) is 15.6. The molecule has 2 aromatic carbocycles. The van der Waals surface area contributed by atoms with E-state index in [1.165, 1.54) is 23.0 Å². The summed E-state index contributed by atoms with van der Waals surface area (Å²) in [4.78, 5) is 11.6. The molecule has 2 N–H and O–H groups in total. The summed E-state index contributed by atoms with van der Waals surface area (Å²) in [6, 6.07) is 12.9. The van der Waals surface area contributed by atoms with Crippen LogP contribution >= 0.6 is 0 Å². The molecule has 0 spiro atoms. The van der Waals surface area contributed by atoms with Crippen LogP contribution in [0.15, 0.2) is 54.7 Å². The van der Waals surface area contributed by atoms with Crippen LogP contribution in [0.4, 0.5) is 4.39 Å². The lowest BCUT2D eigenvalue weighted by molar-refractivity contribution is 0.0697. The van der Waals surface area contributed by atoms with Gasteiger partial charge in [0.2, 0.25) is 5.82 Å². The number of carboxylic acids is 1. The normalized spacial score (nSPS) is 10.8. The van der Waals surface area contributed by atoms with E-state index >= 15 is 0 Å². The summed E-state index contributed by atoms with van der Waals surface area (Å²) in [5.74, 6) is -1.28. The zero-order valence-corrected chi connectivity index (χ0v) is 13.2. The summed E-state index contributed by atoms with van der Waals surface area (Å²) >= 11 is 0. The number of aromatic carboxylic acids is 1. The molecule has 0 atom stereocenters. The second kappa shape index (κ2) is 6.20. The van der Waals surface area contributed by atoms with E-state index in [2.05, 4.69) is 25.7 Å². The minimum absolute atomic E-state index is 0.0858. The molecule has 2 aromatic heterocycles. The van der Waals surface area contributed by atoms with Gasteiger partial charge in [0.15, 0.2) is 0 Å². The van der Waals surface area contributed by atoms with Crippen molar-refractivity contribution in [3.63, 3.8) is 0 Å². The molecular weight excluding hydrogens is 339 g/mol. The highest BCUT2D eigenvalue weighted by Gasteiger charge is 2.21. The maximum Gasteiger partial charge on any atom is 0.339 e. The van der Waals surface area contributed by atoms with Crippen LogP contribution in [0.3, 0.4) is 0 Å². The minimum Gasteiger partial charge on any atom is -0.478 e. The lowest BCUT2D eigenvalue weighted by Crippen LogP contribution is -2.04. The predicted octanol–water partition coefficient (Wildman–Crippen LogP) is 2.56. The van der Waals surface area contributed by atoms with Gasteiger partial charge in [-0.25, -0.2) is 13.9 Å². The van der Waals surface area contributed by atoms with E-state index in [-0.39, 0.29) is 16.8 Å². The maximum absolute atomic E-state index is 14.3. The van der Waals surface area contributed by atoms with Crippen molar-refractivity contribution in [1.82, 2.24) is 30.4 Å². The molecule has 0 fully saturated rings. The fourth-order valence-electron chi connectivity index (χ4n) is 2.65. The Hall–Kier alpha value is -3.88. The number of rotatable bonds is 4. The van der Waals surface area contributed by atoms with Crippen molar-refractivity contribution in [2.75, 3.05) is 0 Å². The number of carboxylic acid groups (broad SMARTS) is 1. The average molecular weight is 350 g/mol. The van der Waals surface area contributed by atoms with Gasteiger partial charge >= 0.3 is 5.97 Å². The summed E-state index contributed by atoms with van der Waals surface area (Å²) in [7, 11) is 0. The van der Waals surface area contributed by atoms with E-state index in [0.29, 0.717) is 11.5 Å². The Labute approximate surface area is 145 Å². The van der Waals surface area contributed by atoms with Crippen molar-refractivity contribution in [1.29, 1.82) is 0 Å². The Morgan fingerprint density at radius 2 is 1.88 bits per heavy atom. The second-order valence-corrected chi connectivity index (χ2v) is 5.39. The van der Waals surface area contributed by atoms with Crippen LogP contribution in [0, 0.1) is 5.82 Å². The standard InChI is InChI=1S/C17H11FN6O2/c18-14-4-2-1-3-12(14)15-13(17(25)26)9-19-24(15)11-7-5-10(6-8-11)16-20-22-23-21-16/h1-9H,(H,25,26)(H,20,21,22,23). The van der Waals surface area contributed by atoms with Gasteiger partial charge in [-0.3, -0.25) is 0 Å². The molecular formula is C17H11FN6O2. The van der Waals surface area contributed by atoms with Crippen molar-refractivity contribution in [3.05, 3.63) is 66.1 Å². The van der Waals surface area contributed by atoms with Gasteiger partial charge < -0.3 is 5.11 Å². The van der Waals surface area contributed by atoms with Gasteiger partial charge in [0.1, 0.15) is 11.4 Å². The molecule has 0 aliphatic rings. The summed E-state index contributed by atoms with van der Waals surface area (Å²) in [6.45, 7) is 0. The van der Waals surface area contributed by atoms with E-state index in [1.807, 2.05) is 0 Å². The molecule has 0 radical (unpaired) electrons. The first-order valence-electron chi connectivity index (χ1n) is 7.55. The van der Waals surface area contributed by atoms with Crippen molar-refractivity contribution in [2.45, 2.75) is 0 Å². The minimum atomic E-state index is -1.18. The zero-order valence-electron chi connectivity index (χ0n) is 13.2. The highest BCUT2D eigenvalue weighted by Crippen LogP contribution is 2.29. The number of hydrogen-bond donors (Lipinski definition) is 2. The fraction of sp³-hybridized carbons (Fsp3) is 0. The molecule has 0 aliphatic carbocycles. The third-order valence-corrected chi connectivity index (χ3v) is 3.84. The SMILES string of the molecule is O=C(O)c1cnn(-c2ccc(-c3nn[nH]n3)cc2)c1-c1ccccc1F. The predicted molar refractivity (Wildman–Crippen MR) is 89.1 cm³/mol. The highest BCUT2D eigenvalue weighted by molar-refractivity contribution is 5.95. The Morgan fingerprint density at radius 3 is 2.54 bits per heavy atom. The molecule has 9 heteroatoms. The van der Waals surface area contributed by atoms with Crippen LogP contribution in [0.1, 0.15) is 10.4 Å². The molecule has 4 rings (SSSR count). The smallest absolute Gasteiger partial charge is 0.339 e. The lowest BCUT2D eigenvalue weighted by Gasteiger charge is -2.10. The van der Waals surface area contributed by atoms with Gasteiger partial charge in [-0.15, -0.1) is 10.2 Å². The molecule has 0 amide bonds. The average Bonchev–Trinajstić information content (AvgIpc) is 3.32. The quantitative estimate of drug-likeness (QED) is 0.585. The topological polar surface area (TPSA) is 110 Å². The molecule has 2 heterocycles. The van der Waals surface area contributed by atoms with Gasteiger partial charge in [0.25, 0.3) is 0 Å². The number of hydrogen-bond acceptors (Lipinski definition) is 5. The fourth-order valence-corrected chi connectivity index (χ4v) is 2.65. The maximum atomic E-state index is 14.3. The van der Waals surface area contributed by atoms with Gasteiger partial charge in [0, 0.05) is 11.1 Å². The molecule has 128 valence electrons. The van der Waals surface area contributed by atoms with Crippen LogP contribution in [-0.2, 0) is 0 Å². The number of tetrazole rings is 1. The number of nitrogens with zero attached hydrogens (tertiary/aromatic N) is 5. The summed E-state index contributed by atoms with van der Waals surface area (Å²) in [5, 5.41) is 27.3. The zero-order chi connectivity index (χ0) is 18.1. The molecule has 0 unspecified atom stereocenters. The number of benzene rings is 2. The van der Waals surface area contributed by atoms with E-state index in [4.69, 9.17) is 0 Å². The van der Waals surface area contributed by atoms with E-state index in [9.17, 15) is 14.3 Å². The summed E-state index contributed by atoms with van der Waals surface area (Å²) < 4.78 is 15.7. The molecule has 26 heavy (non-hydrogen) atoms. The number of halogens is 1. The Balaban J connectivity index is 1.85. The summed E-state index contributed by atoms with van der Waals surface area (Å²) in [5.41, 5.74) is 1.54. The molecule has 4 aromatic rings. The van der Waals surface area contributed by atoms with E-state index < -0.39 is 11.8 Å². The van der Waals surface area contributed by atoms with Gasteiger partial charge in [-0.2, -0.15) is 10.3 Å². The van der Waals surface area contributed by atoms with Crippen LogP contribution < -0.4 is 0 Å². The number of aromatic nitrogens is 6. The molecule has 0 saturated heterocycles. The van der Waals surface area contributed by atoms with Crippen LogP contribution in [-0.4, -0.2) is 41.5 Å². The third kappa shape index (κ3) is 2.61. The van der Waals surface area contributed by atoms with Crippen LogP contribution in [0.25, 0.3) is 28.3 Å². The Bertz CT molecular complexity index is 1070. The summed E-state index contributed by atoms with van der Waals surface area (Å²) in [6.07, 6.45) is 1.21. The second-order valence-electron chi connectivity index (χ2n) is 5.39. The number of H-pyrrole nitrogens is 1. The number of carbonyl (C=O) groups is 1. The number of aromatic amines is 1. The Kier molecular flexibility index (Phi) is 3.73. The molecule has 0 aliphatic heterocycles. The molecule has 0 bridgehead atoms. The van der Waals surface area contributed by atoms with Crippen LogP contribution in [0.5, 0.6) is 0 Å². The van der Waals surface area contributed by atoms with Gasteiger partial charge in [-0.05, 0) is 41.6 Å². The molecule has 0 saturated carbocycles. The van der Waals surface area contributed by atoms with Gasteiger partial charge in [-0.1, -0.05) is 12.1 Å². The lowest BCUT2D eigenvalue weighted by atomic mass is 10.1. The van der Waals surface area contributed by atoms with Crippen molar-refractivity contribution in [2.24, 2.45) is 0 Å². The van der Waals surface area contributed by atoms with Crippen molar-refractivity contribution in [3.8, 4) is 28.3 Å². The number of nitrogens with one attached hydrogen (secondary N) is 1.